The van der Waals surface area contributed by atoms with E-state index >= 15 is 0 Å². The molecule has 1 aromatic heterocycles. The first kappa shape index (κ1) is 12.4. The number of thiazole rings is 1. The molecular formula is C12H18N2O2S. The Bertz CT molecular complexity index is 386. The van der Waals surface area contributed by atoms with E-state index in [0.29, 0.717) is 0 Å². The van der Waals surface area contributed by atoms with E-state index in [2.05, 4.69) is 10.3 Å². The van der Waals surface area contributed by atoms with Crippen molar-refractivity contribution < 1.29 is 9.90 Å². The predicted octanol–water partition coefficient (Wildman–Crippen LogP) is 2.90. The van der Waals surface area contributed by atoms with Crippen molar-refractivity contribution in [2.45, 2.75) is 45.1 Å². The van der Waals surface area contributed by atoms with Gasteiger partial charge in [-0.2, -0.15) is 0 Å². The predicted molar refractivity (Wildman–Crippen MR) is 68.5 cm³/mol. The number of anilines is 1. The summed E-state index contributed by atoms with van der Waals surface area (Å²) in [6, 6.07) is -0.485. The molecule has 0 bridgehead atoms. The number of rotatable bonds is 4. The third-order valence-electron chi connectivity index (χ3n) is 3.29. The van der Waals surface area contributed by atoms with Gasteiger partial charge >= 0.3 is 5.97 Å². The zero-order valence-electron chi connectivity index (χ0n) is 9.98. The minimum absolute atomic E-state index is 0.241. The van der Waals surface area contributed by atoms with Crippen LogP contribution in [0.4, 0.5) is 5.13 Å². The van der Waals surface area contributed by atoms with Gasteiger partial charge in [-0.1, -0.05) is 19.3 Å². The average Bonchev–Trinajstić information content (AvgIpc) is 2.73. The molecule has 5 heteroatoms. The van der Waals surface area contributed by atoms with Gasteiger partial charge in [0.05, 0.1) is 5.69 Å². The van der Waals surface area contributed by atoms with Crippen LogP contribution >= 0.6 is 11.3 Å². The maximum Gasteiger partial charge on any atom is 0.326 e. The number of nitrogens with zero attached hydrogens (tertiary/aromatic N) is 1. The fraction of sp³-hybridized carbons (Fsp3) is 0.667. The Kier molecular flexibility index (Phi) is 3.99. The van der Waals surface area contributed by atoms with Gasteiger partial charge < -0.3 is 10.4 Å². The number of carbonyl (C=O) groups is 1. The minimum Gasteiger partial charge on any atom is -0.480 e. The smallest absolute Gasteiger partial charge is 0.326 e. The maximum absolute atomic E-state index is 11.3. The van der Waals surface area contributed by atoms with Crippen LogP contribution in [0.5, 0.6) is 0 Å². The number of hydrogen-bond acceptors (Lipinski definition) is 4. The molecule has 1 aromatic rings. The molecular weight excluding hydrogens is 236 g/mol. The summed E-state index contributed by atoms with van der Waals surface area (Å²) in [6.07, 6.45) is 5.54. The van der Waals surface area contributed by atoms with Crippen LogP contribution in [0.25, 0.3) is 0 Å². The largest absolute Gasteiger partial charge is 0.480 e. The highest BCUT2D eigenvalue weighted by Crippen LogP contribution is 2.29. The first-order chi connectivity index (χ1) is 8.16. The molecule has 0 spiro atoms. The fourth-order valence-electron chi connectivity index (χ4n) is 2.40. The van der Waals surface area contributed by atoms with Gasteiger partial charge in [-0.25, -0.2) is 9.78 Å². The van der Waals surface area contributed by atoms with E-state index < -0.39 is 12.0 Å². The lowest BCUT2D eigenvalue weighted by Gasteiger charge is -2.27. The van der Waals surface area contributed by atoms with Gasteiger partial charge in [-0.15, -0.1) is 11.3 Å². The molecule has 1 fully saturated rings. The Balaban J connectivity index is 2.03. The summed E-state index contributed by atoms with van der Waals surface area (Å²) in [4.78, 5) is 15.6. The van der Waals surface area contributed by atoms with Crippen molar-refractivity contribution in [3.05, 3.63) is 11.1 Å². The van der Waals surface area contributed by atoms with Gasteiger partial charge in [0.25, 0.3) is 0 Å². The van der Waals surface area contributed by atoms with Gasteiger partial charge in [-0.05, 0) is 25.7 Å². The summed E-state index contributed by atoms with van der Waals surface area (Å²) in [5, 5.41) is 15.0. The van der Waals surface area contributed by atoms with Crippen molar-refractivity contribution in [3.63, 3.8) is 0 Å². The molecule has 4 nitrogen and oxygen atoms in total. The van der Waals surface area contributed by atoms with Gasteiger partial charge in [0, 0.05) is 5.38 Å². The lowest BCUT2D eigenvalue weighted by molar-refractivity contribution is -0.139. The number of nitrogens with one attached hydrogen (secondary N) is 1. The van der Waals surface area contributed by atoms with Crippen molar-refractivity contribution in [2.24, 2.45) is 5.92 Å². The molecule has 17 heavy (non-hydrogen) atoms. The second kappa shape index (κ2) is 5.49. The Morgan fingerprint density at radius 3 is 2.76 bits per heavy atom. The highest BCUT2D eigenvalue weighted by molar-refractivity contribution is 7.13. The minimum atomic E-state index is -0.759. The van der Waals surface area contributed by atoms with E-state index in [9.17, 15) is 9.90 Å². The lowest BCUT2D eigenvalue weighted by atomic mass is 9.84. The van der Waals surface area contributed by atoms with Crippen LogP contribution in [0.2, 0.25) is 0 Å². The van der Waals surface area contributed by atoms with Crippen molar-refractivity contribution >= 4 is 22.4 Å². The fourth-order valence-corrected chi connectivity index (χ4v) is 3.13. The summed E-state index contributed by atoms with van der Waals surface area (Å²) in [7, 11) is 0. The average molecular weight is 254 g/mol. The number of carboxylic acids is 1. The summed E-state index contributed by atoms with van der Waals surface area (Å²) in [5.41, 5.74) is 0.935. The third-order valence-corrected chi connectivity index (χ3v) is 4.18. The molecule has 94 valence electrons. The molecule has 0 aliphatic heterocycles. The van der Waals surface area contributed by atoms with Crippen LogP contribution in [0, 0.1) is 12.8 Å². The van der Waals surface area contributed by atoms with Crippen LogP contribution in [-0.4, -0.2) is 22.1 Å². The highest BCUT2D eigenvalue weighted by atomic mass is 32.1. The quantitative estimate of drug-likeness (QED) is 0.867. The SMILES string of the molecule is Cc1csc(NC(C(=O)O)C2CCCCC2)n1. The van der Waals surface area contributed by atoms with Gasteiger partial charge in [-0.3, -0.25) is 0 Å². The van der Waals surface area contributed by atoms with Crippen molar-refractivity contribution in [1.29, 1.82) is 0 Å². The topological polar surface area (TPSA) is 62.2 Å². The number of aromatic nitrogens is 1. The zero-order valence-corrected chi connectivity index (χ0v) is 10.8. The van der Waals surface area contributed by atoms with Crippen molar-refractivity contribution in [2.75, 3.05) is 5.32 Å². The first-order valence-corrected chi connectivity index (χ1v) is 6.96. The molecule has 1 aliphatic carbocycles. The zero-order chi connectivity index (χ0) is 12.3. The monoisotopic (exact) mass is 254 g/mol. The van der Waals surface area contributed by atoms with Crippen molar-refractivity contribution in [3.8, 4) is 0 Å². The normalized spacial score (nSPS) is 18.9. The van der Waals surface area contributed by atoms with Gasteiger partial charge in [0.15, 0.2) is 5.13 Å². The van der Waals surface area contributed by atoms with Crippen LogP contribution in [0.1, 0.15) is 37.8 Å². The molecule has 0 radical (unpaired) electrons. The molecule has 1 aliphatic rings. The van der Waals surface area contributed by atoms with E-state index in [1.807, 2.05) is 12.3 Å². The van der Waals surface area contributed by atoms with E-state index in [0.717, 1.165) is 36.5 Å². The van der Waals surface area contributed by atoms with Crippen LogP contribution in [-0.2, 0) is 4.79 Å². The highest BCUT2D eigenvalue weighted by Gasteiger charge is 2.29. The summed E-state index contributed by atoms with van der Waals surface area (Å²) >= 11 is 1.47. The molecule has 0 amide bonds. The molecule has 0 saturated heterocycles. The van der Waals surface area contributed by atoms with E-state index in [4.69, 9.17) is 0 Å². The molecule has 1 unspecified atom stereocenters. The summed E-state index contributed by atoms with van der Waals surface area (Å²) < 4.78 is 0. The molecule has 1 atom stereocenters. The van der Waals surface area contributed by atoms with Crippen LogP contribution in [0.3, 0.4) is 0 Å². The Morgan fingerprint density at radius 2 is 2.24 bits per heavy atom. The lowest BCUT2D eigenvalue weighted by Crippen LogP contribution is -2.37. The van der Waals surface area contributed by atoms with E-state index in [1.165, 1.54) is 17.8 Å². The van der Waals surface area contributed by atoms with Gasteiger partial charge in [0.2, 0.25) is 0 Å². The van der Waals surface area contributed by atoms with E-state index in [1.54, 1.807) is 0 Å². The number of carboxylic acid groups (broad SMARTS) is 1. The summed E-state index contributed by atoms with van der Waals surface area (Å²) in [5.74, 6) is -0.518. The third kappa shape index (κ3) is 3.19. The second-order valence-electron chi connectivity index (χ2n) is 4.65. The van der Waals surface area contributed by atoms with Gasteiger partial charge in [0.1, 0.15) is 6.04 Å². The Labute approximate surface area is 105 Å². The maximum atomic E-state index is 11.3. The summed E-state index contributed by atoms with van der Waals surface area (Å²) in [6.45, 7) is 1.91. The van der Waals surface area contributed by atoms with Crippen molar-refractivity contribution in [1.82, 2.24) is 4.98 Å². The number of aliphatic carboxylic acids is 1. The molecule has 2 rings (SSSR count). The number of hydrogen-bond donors (Lipinski definition) is 2. The van der Waals surface area contributed by atoms with Crippen LogP contribution in [0.15, 0.2) is 5.38 Å². The molecule has 2 N–H and O–H groups in total. The Morgan fingerprint density at radius 1 is 1.53 bits per heavy atom. The standard InChI is InChI=1S/C12H18N2O2S/c1-8-7-17-12(13-8)14-10(11(15)16)9-5-3-2-4-6-9/h7,9-10H,2-6H2,1H3,(H,13,14)(H,15,16). The molecule has 0 aromatic carbocycles. The van der Waals surface area contributed by atoms with Crippen LogP contribution < -0.4 is 5.32 Å². The second-order valence-corrected chi connectivity index (χ2v) is 5.51. The number of aryl methyl sites for hydroxylation is 1. The molecule has 1 heterocycles. The van der Waals surface area contributed by atoms with E-state index in [-0.39, 0.29) is 5.92 Å². The first-order valence-electron chi connectivity index (χ1n) is 6.08. The Hall–Kier alpha value is -1.10. The molecule has 1 saturated carbocycles.